The van der Waals surface area contributed by atoms with E-state index in [0.29, 0.717) is 11.7 Å². The lowest BCUT2D eigenvalue weighted by molar-refractivity contribution is -0.127. The van der Waals surface area contributed by atoms with Gasteiger partial charge in [-0.15, -0.1) is 6.58 Å². The molecule has 74 valence electrons. The standard InChI is InChI=1S/C12H20O/c1-3-7-10(2)12(13)11-8-5-4-6-9-11/h3,10-11H,1,4-9H2,2H3/t10-/m0/s1. The molecule has 1 fully saturated rings. The molecule has 0 unspecified atom stereocenters. The SMILES string of the molecule is C=CC[C@H](C)C(=O)C1CCCCC1. The lowest BCUT2D eigenvalue weighted by Crippen LogP contribution is -2.23. The van der Waals surface area contributed by atoms with Crippen LogP contribution in [0.15, 0.2) is 12.7 Å². The Morgan fingerprint density at radius 1 is 1.46 bits per heavy atom. The summed E-state index contributed by atoms with van der Waals surface area (Å²) in [5.41, 5.74) is 0. The summed E-state index contributed by atoms with van der Waals surface area (Å²) in [4.78, 5) is 11.8. The van der Waals surface area contributed by atoms with Crippen molar-refractivity contribution in [2.75, 3.05) is 0 Å². The molecule has 1 rings (SSSR count). The van der Waals surface area contributed by atoms with Crippen LogP contribution in [-0.4, -0.2) is 5.78 Å². The van der Waals surface area contributed by atoms with E-state index in [9.17, 15) is 4.79 Å². The zero-order valence-corrected chi connectivity index (χ0v) is 8.59. The average molecular weight is 180 g/mol. The summed E-state index contributed by atoms with van der Waals surface area (Å²) in [6.45, 7) is 5.70. The van der Waals surface area contributed by atoms with Crippen molar-refractivity contribution in [2.45, 2.75) is 45.4 Å². The number of ketones is 1. The maximum Gasteiger partial charge on any atom is 0.139 e. The minimum Gasteiger partial charge on any atom is -0.299 e. The smallest absolute Gasteiger partial charge is 0.139 e. The maximum atomic E-state index is 11.8. The van der Waals surface area contributed by atoms with Crippen LogP contribution in [0.2, 0.25) is 0 Å². The zero-order chi connectivity index (χ0) is 9.68. The summed E-state index contributed by atoms with van der Waals surface area (Å²) in [7, 11) is 0. The second kappa shape index (κ2) is 5.21. The largest absolute Gasteiger partial charge is 0.299 e. The van der Waals surface area contributed by atoms with Gasteiger partial charge in [0.2, 0.25) is 0 Å². The van der Waals surface area contributed by atoms with Gasteiger partial charge in [0.1, 0.15) is 5.78 Å². The first kappa shape index (κ1) is 10.5. The van der Waals surface area contributed by atoms with E-state index in [0.717, 1.165) is 19.3 Å². The molecule has 1 saturated carbocycles. The van der Waals surface area contributed by atoms with E-state index in [-0.39, 0.29) is 5.92 Å². The Kier molecular flexibility index (Phi) is 4.20. The summed E-state index contributed by atoms with van der Waals surface area (Å²) in [5.74, 6) is 1.03. The van der Waals surface area contributed by atoms with Crippen molar-refractivity contribution in [2.24, 2.45) is 11.8 Å². The van der Waals surface area contributed by atoms with Crippen LogP contribution in [-0.2, 0) is 4.79 Å². The van der Waals surface area contributed by atoms with Gasteiger partial charge >= 0.3 is 0 Å². The summed E-state index contributed by atoms with van der Waals surface area (Å²) < 4.78 is 0. The van der Waals surface area contributed by atoms with Gasteiger partial charge in [-0.2, -0.15) is 0 Å². The van der Waals surface area contributed by atoms with Crippen molar-refractivity contribution in [1.29, 1.82) is 0 Å². The van der Waals surface area contributed by atoms with E-state index >= 15 is 0 Å². The Hall–Kier alpha value is -0.590. The Morgan fingerprint density at radius 3 is 2.62 bits per heavy atom. The predicted molar refractivity (Wildman–Crippen MR) is 55.6 cm³/mol. The topological polar surface area (TPSA) is 17.1 Å². The number of Topliss-reactive ketones (excluding diaryl/α,β-unsaturated/α-hetero) is 1. The summed E-state index contributed by atoms with van der Waals surface area (Å²) in [6, 6.07) is 0. The Labute approximate surface area is 81.2 Å². The van der Waals surface area contributed by atoms with Crippen molar-refractivity contribution in [1.82, 2.24) is 0 Å². The molecular weight excluding hydrogens is 160 g/mol. The fourth-order valence-corrected chi connectivity index (χ4v) is 2.16. The summed E-state index contributed by atoms with van der Waals surface area (Å²) in [5, 5.41) is 0. The molecular formula is C12H20O. The molecule has 1 aliphatic rings. The van der Waals surface area contributed by atoms with E-state index in [1.165, 1.54) is 19.3 Å². The molecule has 0 aliphatic heterocycles. The van der Waals surface area contributed by atoms with Crippen LogP contribution in [0.5, 0.6) is 0 Å². The second-order valence-corrected chi connectivity index (χ2v) is 4.16. The van der Waals surface area contributed by atoms with E-state index in [2.05, 4.69) is 6.58 Å². The van der Waals surface area contributed by atoms with Crippen molar-refractivity contribution >= 4 is 5.78 Å². The molecule has 0 saturated heterocycles. The second-order valence-electron chi connectivity index (χ2n) is 4.16. The van der Waals surface area contributed by atoms with Gasteiger partial charge in [-0.25, -0.2) is 0 Å². The normalized spacial score (nSPS) is 21.0. The van der Waals surface area contributed by atoms with Crippen LogP contribution in [0.3, 0.4) is 0 Å². The number of rotatable bonds is 4. The van der Waals surface area contributed by atoms with E-state index < -0.39 is 0 Å². The molecule has 1 nitrogen and oxygen atoms in total. The monoisotopic (exact) mass is 180 g/mol. The third-order valence-electron chi connectivity index (χ3n) is 3.01. The Morgan fingerprint density at radius 2 is 2.08 bits per heavy atom. The fraction of sp³-hybridized carbons (Fsp3) is 0.750. The van der Waals surface area contributed by atoms with Crippen LogP contribution in [0.4, 0.5) is 0 Å². The number of carbonyl (C=O) groups excluding carboxylic acids is 1. The minimum absolute atomic E-state index is 0.195. The molecule has 13 heavy (non-hydrogen) atoms. The lowest BCUT2D eigenvalue weighted by Gasteiger charge is -2.22. The van der Waals surface area contributed by atoms with Crippen molar-refractivity contribution < 1.29 is 4.79 Å². The Bertz CT molecular complexity index is 178. The predicted octanol–water partition coefficient (Wildman–Crippen LogP) is 3.35. The molecule has 0 radical (unpaired) electrons. The first-order valence-electron chi connectivity index (χ1n) is 5.40. The Balaban J connectivity index is 2.40. The molecule has 0 heterocycles. The number of hydrogen-bond acceptors (Lipinski definition) is 1. The van der Waals surface area contributed by atoms with Crippen molar-refractivity contribution in [3.63, 3.8) is 0 Å². The van der Waals surface area contributed by atoms with Crippen molar-refractivity contribution in [3.8, 4) is 0 Å². The fourth-order valence-electron chi connectivity index (χ4n) is 2.16. The zero-order valence-electron chi connectivity index (χ0n) is 8.59. The van der Waals surface area contributed by atoms with E-state index in [4.69, 9.17) is 0 Å². The average Bonchev–Trinajstić information content (AvgIpc) is 2.18. The highest BCUT2D eigenvalue weighted by Crippen LogP contribution is 2.27. The third kappa shape index (κ3) is 2.98. The quantitative estimate of drug-likeness (QED) is 0.606. The number of hydrogen-bond donors (Lipinski definition) is 0. The molecule has 1 atom stereocenters. The summed E-state index contributed by atoms with van der Waals surface area (Å²) >= 11 is 0. The van der Waals surface area contributed by atoms with Crippen LogP contribution < -0.4 is 0 Å². The highest BCUT2D eigenvalue weighted by Gasteiger charge is 2.24. The number of carbonyl (C=O) groups is 1. The maximum absolute atomic E-state index is 11.8. The molecule has 0 aromatic carbocycles. The molecule has 0 aromatic heterocycles. The van der Waals surface area contributed by atoms with Crippen LogP contribution in [0, 0.1) is 11.8 Å². The van der Waals surface area contributed by atoms with Gasteiger partial charge in [0.15, 0.2) is 0 Å². The van der Waals surface area contributed by atoms with Gasteiger partial charge in [0, 0.05) is 11.8 Å². The van der Waals surface area contributed by atoms with Crippen LogP contribution >= 0.6 is 0 Å². The van der Waals surface area contributed by atoms with Gasteiger partial charge in [-0.05, 0) is 19.3 Å². The van der Waals surface area contributed by atoms with E-state index in [1.807, 2.05) is 13.0 Å². The lowest BCUT2D eigenvalue weighted by atomic mass is 9.81. The summed E-state index contributed by atoms with van der Waals surface area (Å²) in [6.07, 6.45) is 8.76. The molecule has 0 bridgehead atoms. The molecule has 1 aliphatic carbocycles. The van der Waals surface area contributed by atoms with Gasteiger partial charge in [0.25, 0.3) is 0 Å². The van der Waals surface area contributed by atoms with Crippen LogP contribution in [0.25, 0.3) is 0 Å². The molecule has 1 heteroatoms. The third-order valence-corrected chi connectivity index (χ3v) is 3.01. The highest BCUT2D eigenvalue weighted by molar-refractivity contribution is 5.83. The van der Waals surface area contributed by atoms with Gasteiger partial charge in [-0.1, -0.05) is 32.3 Å². The molecule has 0 amide bonds. The van der Waals surface area contributed by atoms with Crippen molar-refractivity contribution in [3.05, 3.63) is 12.7 Å². The van der Waals surface area contributed by atoms with Crippen LogP contribution in [0.1, 0.15) is 45.4 Å². The molecule has 0 N–H and O–H groups in total. The first-order chi connectivity index (χ1) is 6.25. The first-order valence-corrected chi connectivity index (χ1v) is 5.40. The highest BCUT2D eigenvalue weighted by atomic mass is 16.1. The van der Waals surface area contributed by atoms with Gasteiger partial charge in [-0.3, -0.25) is 4.79 Å². The number of allylic oxidation sites excluding steroid dienone is 1. The van der Waals surface area contributed by atoms with Gasteiger partial charge in [0.05, 0.1) is 0 Å². The van der Waals surface area contributed by atoms with Gasteiger partial charge < -0.3 is 0 Å². The van der Waals surface area contributed by atoms with E-state index in [1.54, 1.807) is 0 Å². The molecule has 0 spiro atoms. The minimum atomic E-state index is 0.195. The molecule has 0 aromatic rings.